The number of benzene rings is 2. The predicted octanol–water partition coefficient (Wildman–Crippen LogP) is 1.40. The smallest absolute Gasteiger partial charge is 0.223 e. The predicted molar refractivity (Wildman–Crippen MR) is 97.0 cm³/mol. The van der Waals surface area contributed by atoms with Gasteiger partial charge in [0.2, 0.25) is 15.8 Å². The number of nitrogens with zero attached hydrogens (tertiary/aromatic N) is 2. The lowest BCUT2D eigenvalue weighted by Crippen LogP contribution is -2.26. The van der Waals surface area contributed by atoms with Crippen LogP contribution in [0, 0.1) is 0 Å². The van der Waals surface area contributed by atoms with Crippen molar-refractivity contribution >= 4 is 39.0 Å². The van der Waals surface area contributed by atoms with Gasteiger partial charge in [-0.3, -0.25) is 0 Å². The van der Waals surface area contributed by atoms with Gasteiger partial charge in [-0.15, -0.1) is 0 Å². The van der Waals surface area contributed by atoms with Crippen LogP contribution in [0.25, 0.3) is 0 Å². The van der Waals surface area contributed by atoms with Crippen molar-refractivity contribution in [1.82, 2.24) is 0 Å². The number of hydrogen-bond donors (Lipinski definition) is 3. The highest BCUT2D eigenvalue weighted by Gasteiger charge is 2.19. The van der Waals surface area contributed by atoms with Crippen molar-refractivity contribution in [3.8, 4) is 5.75 Å². The zero-order valence-corrected chi connectivity index (χ0v) is 14.8. The molecule has 0 aliphatic heterocycles. The maximum atomic E-state index is 12.8. The highest BCUT2D eigenvalue weighted by atomic mass is 35.5. The summed E-state index contributed by atoms with van der Waals surface area (Å²) in [6, 6.07) is 10.0. The Morgan fingerprint density at radius 1 is 1.04 bits per heavy atom. The van der Waals surface area contributed by atoms with Gasteiger partial charge in [0.05, 0.1) is 22.6 Å². The molecule has 0 aliphatic carbocycles. The molecular formula is C15H16ClN5O3S. The molecule has 2 rings (SSSR count). The molecular weight excluding hydrogens is 366 g/mol. The highest BCUT2D eigenvalue weighted by molar-refractivity contribution is 7.91. The molecule has 2 aromatic carbocycles. The molecule has 0 amide bonds. The second kappa shape index (κ2) is 7.41. The maximum absolute atomic E-state index is 12.8. The molecule has 0 radical (unpaired) electrons. The van der Waals surface area contributed by atoms with E-state index in [4.69, 9.17) is 33.5 Å². The molecule has 0 aliphatic rings. The van der Waals surface area contributed by atoms with E-state index in [9.17, 15) is 8.42 Å². The third-order valence-corrected chi connectivity index (χ3v) is 5.02. The molecule has 132 valence electrons. The first-order chi connectivity index (χ1) is 11.7. The van der Waals surface area contributed by atoms with Crippen molar-refractivity contribution in [1.29, 1.82) is 0 Å². The molecule has 0 heterocycles. The molecule has 0 bridgehead atoms. The third kappa shape index (κ3) is 4.61. The Kier molecular flexibility index (Phi) is 5.50. The summed E-state index contributed by atoms with van der Waals surface area (Å²) in [5, 5.41) is 0.430. The number of guanidine groups is 2. The summed E-state index contributed by atoms with van der Waals surface area (Å²) in [5.41, 5.74) is 16.3. The minimum absolute atomic E-state index is 0.0228. The van der Waals surface area contributed by atoms with Crippen LogP contribution in [-0.2, 0) is 9.84 Å². The van der Waals surface area contributed by atoms with Crippen LogP contribution in [0.4, 0.5) is 5.69 Å². The fourth-order valence-electron chi connectivity index (χ4n) is 1.93. The molecule has 0 saturated carbocycles. The average molecular weight is 382 g/mol. The summed E-state index contributed by atoms with van der Waals surface area (Å²) in [5.74, 6) is -0.201. The van der Waals surface area contributed by atoms with Gasteiger partial charge < -0.3 is 21.9 Å². The molecule has 0 atom stereocenters. The SMILES string of the molecule is COc1cc(N=C(N)N=C(N)N)cc(S(=O)(=O)c2ccc(Cl)cc2)c1. The molecule has 0 aromatic heterocycles. The fourth-order valence-corrected chi connectivity index (χ4v) is 3.37. The van der Waals surface area contributed by atoms with Gasteiger partial charge in [-0.05, 0) is 36.4 Å². The van der Waals surface area contributed by atoms with E-state index in [0.717, 1.165) is 0 Å². The number of nitrogens with two attached hydrogens (primary N) is 3. The summed E-state index contributed by atoms with van der Waals surface area (Å²) in [6.45, 7) is 0. The maximum Gasteiger partial charge on any atom is 0.223 e. The lowest BCUT2D eigenvalue weighted by atomic mass is 10.3. The van der Waals surface area contributed by atoms with Crippen molar-refractivity contribution < 1.29 is 13.2 Å². The summed E-state index contributed by atoms with van der Waals surface area (Å²) in [4.78, 5) is 7.61. The number of halogens is 1. The summed E-state index contributed by atoms with van der Waals surface area (Å²) in [7, 11) is -2.40. The van der Waals surface area contributed by atoms with E-state index in [2.05, 4.69) is 9.98 Å². The first kappa shape index (κ1) is 18.6. The van der Waals surface area contributed by atoms with E-state index in [1.807, 2.05) is 0 Å². The first-order valence-corrected chi connectivity index (χ1v) is 8.72. The normalized spacial score (nSPS) is 11.8. The standard InChI is InChI=1S/C15H16ClN5O3S/c1-24-11-6-10(20-15(19)21-14(17)18)7-13(8-11)25(22,23)12-4-2-9(16)3-5-12/h2-8H,1H3,(H6,17,18,19,20,21). The Morgan fingerprint density at radius 2 is 1.68 bits per heavy atom. The van der Waals surface area contributed by atoms with E-state index >= 15 is 0 Å². The topological polar surface area (TPSA) is 146 Å². The van der Waals surface area contributed by atoms with E-state index < -0.39 is 9.84 Å². The van der Waals surface area contributed by atoms with Crippen LogP contribution in [0.3, 0.4) is 0 Å². The van der Waals surface area contributed by atoms with Gasteiger partial charge in [0.25, 0.3) is 0 Å². The van der Waals surface area contributed by atoms with Crippen LogP contribution in [0.1, 0.15) is 0 Å². The van der Waals surface area contributed by atoms with E-state index in [1.165, 1.54) is 49.6 Å². The number of methoxy groups -OCH3 is 1. The number of ether oxygens (including phenoxy) is 1. The van der Waals surface area contributed by atoms with Gasteiger partial charge in [-0.2, -0.15) is 4.99 Å². The van der Waals surface area contributed by atoms with Crippen LogP contribution >= 0.6 is 11.6 Å². The van der Waals surface area contributed by atoms with Crippen molar-refractivity contribution in [2.45, 2.75) is 9.79 Å². The second-order valence-corrected chi connectivity index (χ2v) is 7.22. The molecule has 25 heavy (non-hydrogen) atoms. The Balaban J connectivity index is 2.56. The third-order valence-electron chi connectivity index (χ3n) is 3.02. The van der Waals surface area contributed by atoms with Crippen molar-refractivity contribution in [3.63, 3.8) is 0 Å². The van der Waals surface area contributed by atoms with Crippen molar-refractivity contribution in [2.75, 3.05) is 7.11 Å². The molecule has 0 unspecified atom stereocenters. The van der Waals surface area contributed by atoms with Crippen molar-refractivity contribution in [3.05, 3.63) is 47.5 Å². The molecule has 2 aromatic rings. The van der Waals surface area contributed by atoms with Crippen LogP contribution in [0.15, 0.2) is 62.2 Å². The summed E-state index contributed by atoms with van der Waals surface area (Å²) in [6.07, 6.45) is 0. The minimum Gasteiger partial charge on any atom is -0.497 e. The number of rotatable bonds is 4. The van der Waals surface area contributed by atoms with Gasteiger partial charge in [0, 0.05) is 11.1 Å². The largest absolute Gasteiger partial charge is 0.497 e. The minimum atomic E-state index is -3.80. The molecule has 0 spiro atoms. The number of aliphatic imine (C=N–C) groups is 2. The fraction of sp³-hybridized carbons (Fsp3) is 0.0667. The van der Waals surface area contributed by atoms with Gasteiger partial charge in [0.1, 0.15) is 5.75 Å². The monoisotopic (exact) mass is 381 g/mol. The average Bonchev–Trinajstić information content (AvgIpc) is 2.54. The Morgan fingerprint density at radius 3 is 2.24 bits per heavy atom. The molecule has 0 fully saturated rings. The zero-order chi connectivity index (χ0) is 18.6. The van der Waals surface area contributed by atoms with Gasteiger partial charge >= 0.3 is 0 Å². The van der Waals surface area contributed by atoms with Gasteiger partial charge in [-0.25, -0.2) is 13.4 Å². The number of hydrogen-bond acceptors (Lipinski definition) is 4. The van der Waals surface area contributed by atoms with E-state index in [-0.39, 0.29) is 33.1 Å². The van der Waals surface area contributed by atoms with Gasteiger partial charge in [-0.1, -0.05) is 11.6 Å². The van der Waals surface area contributed by atoms with Crippen LogP contribution < -0.4 is 21.9 Å². The van der Waals surface area contributed by atoms with Crippen LogP contribution in [0.5, 0.6) is 5.75 Å². The molecule has 6 N–H and O–H groups in total. The Hall–Kier alpha value is -2.78. The van der Waals surface area contributed by atoms with Crippen LogP contribution in [-0.4, -0.2) is 27.4 Å². The number of sulfone groups is 1. The lowest BCUT2D eigenvalue weighted by molar-refractivity contribution is 0.413. The van der Waals surface area contributed by atoms with Gasteiger partial charge in [0.15, 0.2) is 5.96 Å². The zero-order valence-electron chi connectivity index (χ0n) is 13.2. The highest BCUT2D eigenvalue weighted by Crippen LogP contribution is 2.30. The van der Waals surface area contributed by atoms with Crippen LogP contribution in [0.2, 0.25) is 5.02 Å². The van der Waals surface area contributed by atoms with E-state index in [1.54, 1.807) is 0 Å². The molecule has 8 nitrogen and oxygen atoms in total. The van der Waals surface area contributed by atoms with E-state index in [0.29, 0.717) is 5.02 Å². The summed E-state index contributed by atoms with van der Waals surface area (Å²) >= 11 is 5.80. The second-order valence-electron chi connectivity index (χ2n) is 4.83. The Bertz CT molecular complexity index is 936. The Labute approximate surface area is 149 Å². The summed E-state index contributed by atoms with van der Waals surface area (Å²) < 4.78 is 30.7. The van der Waals surface area contributed by atoms with Crippen molar-refractivity contribution in [2.24, 2.45) is 27.2 Å². The molecule has 0 saturated heterocycles. The first-order valence-electron chi connectivity index (χ1n) is 6.86. The quantitative estimate of drug-likeness (QED) is 0.538. The lowest BCUT2D eigenvalue weighted by Gasteiger charge is -2.08. The molecule has 10 heteroatoms.